The van der Waals surface area contributed by atoms with E-state index in [-0.39, 0.29) is 10.9 Å². The molecule has 0 aliphatic carbocycles. The maximum Gasteiger partial charge on any atom is 0.291 e. The first-order chi connectivity index (χ1) is 12.9. The Kier molecular flexibility index (Phi) is 4.92. The third-order valence-electron chi connectivity index (χ3n) is 3.63. The van der Waals surface area contributed by atoms with Crippen LogP contribution in [0, 0.1) is 6.92 Å². The third-order valence-corrected chi connectivity index (χ3v) is 4.92. The number of benzene rings is 1. The zero-order chi connectivity index (χ0) is 19.6. The summed E-state index contributed by atoms with van der Waals surface area (Å²) >= 11 is 0. The van der Waals surface area contributed by atoms with Gasteiger partial charge in [-0.1, -0.05) is 0 Å². The number of carbonyl (C=O) groups excluding carboxylic acids is 1. The van der Waals surface area contributed by atoms with Crippen molar-refractivity contribution in [3.05, 3.63) is 41.9 Å². The van der Waals surface area contributed by atoms with Gasteiger partial charge in [0.05, 0.1) is 7.11 Å². The van der Waals surface area contributed by atoms with Crippen LogP contribution in [0.4, 0.5) is 5.69 Å². The highest BCUT2D eigenvalue weighted by molar-refractivity contribution is 7.89. The SMILES string of the molecule is CNS(=O)(=O)c1ccc(C(=O)Nc2ccc(OC)c(-n3nnnc3C)c2)o1. The molecule has 3 aromatic rings. The van der Waals surface area contributed by atoms with Gasteiger partial charge in [-0.2, -0.15) is 4.68 Å². The summed E-state index contributed by atoms with van der Waals surface area (Å²) in [5.74, 6) is 0.269. The largest absolute Gasteiger partial charge is 0.494 e. The molecule has 0 aliphatic rings. The van der Waals surface area contributed by atoms with E-state index in [1.54, 1.807) is 25.1 Å². The zero-order valence-electron chi connectivity index (χ0n) is 14.6. The fourth-order valence-electron chi connectivity index (χ4n) is 2.27. The molecule has 3 rings (SSSR count). The first kappa shape index (κ1) is 18.5. The summed E-state index contributed by atoms with van der Waals surface area (Å²) < 4.78 is 37.4. The van der Waals surface area contributed by atoms with Gasteiger partial charge in [-0.05, 0) is 54.7 Å². The smallest absolute Gasteiger partial charge is 0.291 e. The molecular formula is C15H16N6O5S. The summed E-state index contributed by atoms with van der Waals surface area (Å²) in [4.78, 5) is 12.4. The maximum atomic E-state index is 12.4. The molecule has 12 heteroatoms. The van der Waals surface area contributed by atoms with Gasteiger partial charge >= 0.3 is 0 Å². The molecular weight excluding hydrogens is 376 g/mol. The minimum absolute atomic E-state index is 0.153. The number of amides is 1. The molecule has 11 nitrogen and oxygen atoms in total. The molecule has 0 atom stereocenters. The molecule has 0 unspecified atom stereocenters. The van der Waals surface area contributed by atoms with Crippen molar-refractivity contribution in [2.45, 2.75) is 12.0 Å². The van der Waals surface area contributed by atoms with Gasteiger partial charge in [-0.15, -0.1) is 5.10 Å². The van der Waals surface area contributed by atoms with Crippen LogP contribution in [0.3, 0.4) is 0 Å². The Labute approximate surface area is 154 Å². The lowest BCUT2D eigenvalue weighted by Crippen LogP contribution is -2.18. The molecule has 1 aromatic carbocycles. The first-order valence-electron chi connectivity index (χ1n) is 7.64. The Morgan fingerprint density at radius 2 is 2.04 bits per heavy atom. The standard InChI is InChI=1S/C15H16N6O5S/c1-9-18-19-20-21(9)11-8-10(4-5-12(11)25-3)17-15(22)13-6-7-14(26-13)27(23,24)16-2/h4-8,16H,1-3H3,(H,17,22). The number of nitrogens with zero attached hydrogens (tertiary/aromatic N) is 4. The lowest BCUT2D eigenvalue weighted by molar-refractivity contribution is 0.0991. The number of aromatic nitrogens is 4. The second-order valence-corrected chi connectivity index (χ2v) is 7.12. The number of methoxy groups -OCH3 is 1. The van der Waals surface area contributed by atoms with Crippen LogP contribution in [0.15, 0.2) is 39.8 Å². The molecule has 142 valence electrons. The number of hydrogen-bond donors (Lipinski definition) is 2. The molecule has 2 N–H and O–H groups in total. The summed E-state index contributed by atoms with van der Waals surface area (Å²) in [6.45, 7) is 1.72. The van der Waals surface area contributed by atoms with Crippen molar-refractivity contribution in [1.29, 1.82) is 0 Å². The normalized spacial score (nSPS) is 11.4. The average molecular weight is 392 g/mol. The number of hydrogen-bond acceptors (Lipinski definition) is 8. The van der Waals surface area contributed by atoms with Crippen LogP contribution in [0.2, 0.25) is 0 Å². The van der Waals surface area contributed by atoms with E-state index in [4.69, 9.17) is 9.15 Å². The second-order valence-electron chi connectivity index (χ2n) is 5.30. The van der Waals surface area contributed by atoms with Gasteiger partial charge in [0, 0.05) is 5.69 Å². The topological polar surface area (TPSA) is 141 Å². The van der Waals surface area contributed by atoms with Crippen LogP contribution in [0.25, 0.3) is 5.69 Å². The summed E-state index contributed by atoms with van der Waals surface area (Å²) in [5, 5.41) is 13.6. The highest BCUT2D eigenvalue weighted by atomic mass is 32.2. The molecule has 0 fully saturated rings. The van der Waals surface area contributed by atoms with Crippen molar-refractivity contribution in [3.8, 4) is 11.4 Å². The Bertz CT molecular complexity index is 1090. The third kappa shape index (κ3) is 3.66. The van der Waals surface area contributed by atoms with E-state index in [1.807, 2.05) is 0 Å². The number of rotatable bonds is 6. The Hall–Kier alpha value is -3.25. The van der Waals surface area contributed by atoms with Crippen LogP contribution >= 0.6 is 0 Å². The highest BCUT2D eigenvalue weighted by Gasteiger charge is 2.20. The molecule has 0 radical (unpaired) electrons. The number of sulfonamides is 1. The van der Waals surface area contributed by atoms with E-state index in [0.29, 0.717) is 22.9 Å². The van der Waals surface area contributed by atoms with Gasteiger partial charge in [-0.25, -0.2) is 13.1 Å². The van der Waals surface area contributed by atoms with E-state index in [2.05, 4.69) is 25.6 Å². The van der Waals surface area contributed by atoms with Crippen LogP contribution in [-0.2, 0) is 10.0 Å². The van der Waals surface area contributed by atoms with Crippen LogP contribution < -0.4 is 14.8 Å². The van der Waals surface area contributed by atoms with Crippen molar-refractivity contribution in [2.75, 3.05) is 19.5 Å². The zero-order valence-corrected chi connectivity index (χ0v) is 15.4. The molecule has 2 aromatic heterocycles. The number of aryl methyl sites for hydroxylation is 1. The molecule has 0 spiro atoms. The van der Waals surface area contributed by atoms with E-state index in [0.717, 1.165) is 0 Å². The fourth-order valence-corrected chi connectivity index (χ4v) is 2.92. The maximum absolute atomic E-state index is 12.4. The van der Waals surface area contributed by atoms with Crippen molar-refractivity contribution in [2.24, 2.45) is 0 Å². The number of carbonyl (C=O) groups is 1. The Balaban J connectivity index is 1.88. The quantitative estimate of drug-likeness (QED) is 0.625. The van der Waals surface area contributed by atoms with Gasteiger partial charge in [-0.3, -0.25) is 4.79 Å². The van der Waals surface area contributed by atoms with E-state index in [9.17, 15) is 13.2 Å². The molecule has 2 heterocycles. The molecule has 0 bridgehead atoms. The highest BCUT2D eigenvalue weighted by Crippen LogP contribution is 2.27. The van der Waals surface area contributed by atoms with Gasteiger partial charge in [0.2, 0.25) is 5.09 Å². The predicted molar refractivity (Wildman–Crippen MR) is 93.3 cm³/mol. The number of anilines is 1. The number of tetrazole rings is 1. The van der Waals surface area contributed by atoms with Gasteiger partial charge < -0.3 is 14.5 Å². The average Bonchev–Trinajstić information content (AvgIpc) is 3.31. The van der Waals surface area contributed by atoms with Crippen molar-refractivity contribution in [3.63, 3.8) is 0 Å². The number of ether oxygens (including phenoxy) is 1. The lowest BCUT2D eigenvalue weighted by atomic mass is 10.2. The van der Waals surface area contributed by atoms with E-state index >= 15 is 0 Å². The van der Waals surface area contributed by atoms with Crippen molar-refractivity contribution < 1.29 is 22.4 Å². The minimum Gasteiger partial charge on any atom is -0.494 e. The van der Waals surface area contributed by atoms with Crippen molar-refractivity contribution in [1.82, 2.24) is 24.9 Å². The second kappa shape index (κ2) is 7.17. The summed E-state index contributed by atoms with van der Waals surface area (Å²) in [7, 11) is -1.02. The summed E-state index contributed by atoms with van der Waals surface area (Å²) in [5.41, 5.74) is 0.941. The van der Waals surface area contributed by atoms with E-state index < -0.39 is 15.9 Å². The monoisotopic (exact) mass is 392 g/mol. The lowest BCUT2D eigenvalue weighted by Gasteiger charge is -2.11. The van der Waals surface area contributed by atoms with Crippen LogP contribution in [0.1, 0.15) is 16.4 Å². The number of nitrogens with one attached hydrogen (secondary N) is 2. The van der Waals surface area contributed by atoms with E-state index in [1.165, 1.54) is 31.0 Å². The molecule has 27 heavy (non-hydrogen) atoms. The molecule has 0 saturated carbocycles. The van der Waals surface area contributed by atoms with Crippen molar-refractivity contribution >= 4 is 21.6 Å². The van der Waals surface area contributed by atoms with Crippen LogP contribution in [0.5, 0.6) is 5.75 Å². The van der Waals surface area contributed by atoms with Crippen LogP contribution in [-0.4, -0.2) is 48.7 Å². The van der Waals surface area contributed by atoms with Gasteiger partial charge in [0.1, 0.15) is 11.4 Å². The summed E-state index contributed by atoms with van der Waals surface area (Å²) in [6.07, 6.45) is 0. The van der Waals surface area contributed by atoms with Gasteiger partial charge in [0.25, 0.3) is 15.9 Å². The minimum atomic E-state index is -3.77. The molecule has 0 aliphatic heterocycles. The first-order valence-corrected chi connectivity index (χ1v) is 9.12. The summed E-state index contributed by atoms with van der Waals surface area (Å²) in [6, 6.07) is 7.35. The van der Waals surface area contributed by atoms with Gasteiger partial charge in [0.15, 0.2) is 11.6 Å². The molecule has 0 saturated heterocycles. The molecule has 1 amide bonds. The predicted octanol–water partition coefficient (Wildman–Crippen LogP) is 0.733. The fraction of sp³-hybridized carbons (Fsp3) is 0.200. The Morgan fingerprint density at radius 3 is 2.67 bits per heavy atom. The Morgan fingerprint density at radius 1 is 1.26 bits per heavy atom. The number of furan rings is 1.